The second kappa shape index (κ2) is 12.8. The van der Waals surface area contributed by atoms with Crippen molar-refractivity contribution < 1.29 is 4.79 Å². The van der Waals surface area contributed by atoms with E-state index in [4.69, 9.17) is 33.9 Å². The first kappa shape index (κ1) is 26.8. The van der Waals surface area contributed by atoms with Gasteiger partial charge >= 0.3 is 0 Å². The van der Waals surface area contributed by atoms with Crippen LogP contribution in [0.3, 0.4) is 0 Å². The van der Waals surface area contributed by atoms with Crippen molar-refractivity contribution >= 4 is 34.9 Å². The molecule has 1 aliphatic carbocycles. The Labute approximate surface area is 227 Å². The Hall–Kier alpha value is -3.26. The molecule has 0 fully saturated rings. The van der Waals surface area contributed by atoms with E-state index in [9.17, 15) is 4.79 Å². The largest absolute Gasteiger partial charge is 0.387 e. The number of halogens is 2. The van der Waals surface area contributed by atoms with E-state index in [-0.39, 0.29) is 27.6 Å². The monoisotopic (exact) mass is 536 g/mol. The Bertz CT molecular complexity index is 1270. The number of aliphatic imine (C=N–C) groups is 1. The predicted molar refractivity (Wildman–Crippen MR) is 149 cm³/mol. The van der Waals surface area contributed by atoms with E-state index < -0.39 is 0 Å². The minimum Gasteiger partial charge on any atom is -0.387 e. The van der Waals surface area contributed by atoms with E-state index in [1.54, 1.807) is 0 Å². The summed E-state index contributed by atoms with van der Waals surface area (Å²) in [5, 5.41) is 3.34. The molecule has 0 saturated carbocycles. The molecule has 3 aromatic rings. The third-order valence-electron chi connectivity index (χ3n) is 6.43. The summed E-state index contributed by atoms with van der Waals surface area (Å²) in [4.78, 5) is 27.9. The molecule has 1 aliphatic rings. The maximum absolute atomic E-state index is 12.7. The van der Waals surface area contributed by atoms with Gasteiger partial charge in [-0.2, -0.15) is 0 Å². The lowest BCUT2D eigenvalue weighted by atomic mass is 9.90. The van der Waals surface area contributed by atoms with Gasteiger partial charge in [0.1, 0.15) is 5.84 Å². The molecule has 0 aliphatic heterocycles. The van der Waals surface area contributed by atoms with Crippen molar-refractivity contribution in [2.75, 3.05) is 6.54 Å². The average molecular weight is 537 g/mol. The number of fused-ring (bicyclic) bond motifs is 1. The number of nitrogens with zero attached hydrogens (tertiary/aromatic N) is 4. The van der Waals surface area contributed by atoms with Gasteiger partial charge in [-0.15, -0.1) is 0 Å². The van der Waals surface area contributed by atoms with Gasteiger partial charge in [0.2, 0.25) is 0 Å². The molecular formula is C28H30Cl2N6O. The van der Waals surface area contributed by atoms with Crippen LogP contribution in [0.25, 0.3) is 0 Å². The topological polar surface area (TPSA) is 96.5 Å². The lowest BCUT2D eigenvalue weighted by Crippen LogP contribution is -2.34. The second-order valence-electron chi connectivity index (χ2n) is 8.96. The normalized spacial score (nSPS) is 15.3. The van der Waals surface area contributed by atoms with Crippen LogP contribution >= 0.6 is 23.2 Å². The molecule has 0 bridgehead atoms. The van der Waals surface area contributed by atoms with Crippen LogP contribution in [0.1, 0.15) is 58.0 Å². The SMILES string of the molecule is C=CN=C(N)CCN(Cc1cccc(CNC(=O)c2c(Cl)cncc2Cl)c1)C1CCCc2cccnc21. The molecule has 0 spiro atoms. The maximum atomic E-state index is 12.7. The van der Waals surface area contributed by atoms with Crippen LogP contribution < -0.4 is 11.1 Å². The molecule has 1 aromatic carbocycles. The van der Waals surface area contributed by atoms with Crippen LogP contribution in [-0.4, -0.2) is 33.2 Å². The molecule has 1 atom stereocenters. The smallest absolute Gasteiger partial charge is 0.254 e. The molecule has 2 heterocycles. The number of pyridine rings is 2. The molecule has 1 amide bonds. The number of carbonyl (C=O) groups is 1. The van der Waals surface area contributed by atoms with Crippen LogP contribution in [0.4, 0.5) is 0 Å². The van der Waals surface area contributed by atoms with Gasteiger partial charge in [-0.3, -0.25) is 19.7 Å². The molecule has 3 N–H and O–H groups in total. The standard InChI is InChI=1S/C28H30Cl2N6O/c1-2-33-25(31)11-13-36(24-10-4-8-21-9-5-12-34-27(21)24)18-20-7-3-6-19(14-20)15-35-28(37)26-22(29)16-32-17-23(26)30/h2-3,5-7,9,12,14,16-17,24H,1,4,8,10-11,13,15,18H2,(H2,31,33)(H,35,37). The zero-order chi connectivity index (χ0) is 26.2. The van der Waals surface area contributed by atoms with E-state index in [0.29, 0.717) is 25.3 Å². The van der Waals surface area contributed by atoms with Crippen LogP contribution in [0, 0.1) is 0 Å². The van der Waals surface area contributed by atoms with Crippen molar-refractivity contribution in [1.82, 2.24) is 20.2 Å². The van der Waals surface area contributed by atoms with Crippen molar-refractivity contribution in [3.05, 3.63) is 106 Å². The van der Waals surface area contributed by atoms with Gasteiger partial charge in [-0.1, -0.05) is 60.1 Å². The number of aromatic nitrogens is 2. The number of rotatable bonds is 10. The number of hydrogen-bond donors (Lipinski definition) is 2. The highest BCUT2D eigenvalue weighted by Crippen LogP contribution is 2.34. The summed E-state index contributed by atoms with van der Waals surface area (Å²) in [7, 11) is 0. The predicted octanol–water partition coefficient (Wildman–Crippen LogP) is 5.48. The van der Waals surface area contributed by atoms with Gasteiger partial charge in [0.15, 0.2) is 0 Å². The number of benzene rings is 1. The van der Waals surface area contributed by atoms with Crippen molar-refractivity contribution in [3.63, 3.8) is 0 Å². The van der Waals surface area contributed by atoms with Crippen molar-refractivity contribution in [3.8, 4) is 0 Å². The maximum Gasteiger partial charge on any atom is 0.254 e. The zero-order valence-corrected chi connectivity index (χ0v) is 22.0. The van der Waals surface area contributed by atoms with Crippen LogP contribution in [0.15, 0.2) is 72.8 Å². The van der Waals surface area contributed by atoms with E-state index >= 15 is 0 Å². The number of nitrogens with two attached hydrogens (primary N) is 1. The van der Waals surface area contributed by atoms with Crippen LogP contribution in [0.5, 0.6) is 0 Å². The summed E-state index contributed by atoms with van der Waals surface area (Å²) in [6.07, 6.45) is 9.98. The number of carbonyl (C=O) groups excluding carboxylic acids is 1. The molecule has 9 heteroatoms. The van der Waals surface area contributed by atoms with Gasteiger partial charge in [0.05, 0.1) is 27.3 Å². The number of nitrogens with one attached hydrogen (secondary N) is 1. The molecule has 1 unspecified atom stereocenters. The molecule has 37 heavy (non-hydrogen) atoms. The Morgan fingerprint density at radius 3 is 2.78 bits per heavy atom. The molecule has 0 saturated heterocycles. The lowest BCUT2D eigenvalue weighted by molar-refractivity contribution is 0.0951. The number of amidine groups is 1. The minimum atomic E-state index is -0.341. The summed E-state index contributed by atoms with van der Waals surface area (Å²) in [6.45, 7) is 5.44. The summed E-state index contributed by atoms with van der Waals surface area (Å²) in [5.74, 6) is 0.216. The minimum absolute atomic E-state index is 0.195. The molecule has 2 aromatic heterocycles. The highest BCUT2D eigenvalue weighted by Gasteiger charge is 2.27. The first-order valence-corrected chi connectivity index (χ1v) is 13.0. The summed E-state index contributed by atoms with van der Waals surface area (Å²) < 4.78 is 0. The van der Waals surface area contributed by atoms with E-state index in [1.807, 2.05) is 24.4 Å². The first-order valence-electron chi connectivity index (χ1n) is 12.2. The molecule has 4 rings (SSSR count). The number of amides is 1. The quantitative estimate of drug-likeness (QED) is 0.264. The van der Waals surface area contributed by atoms with Crippen molar-refractivity contribution in [1.29, 1.82) is 0 Å². The molecule has 192 valence electrons. The lowest BCUT2D eigenvalue weighted by Gasteiger charge is -2.35. The Balaban J connectivity index is 1.50. The van der Waals surface area contributed by atoms with Crippen LogP contribution in [-0.2, 0) is 19.5 Å². The fourth-order valence-electron chi connectivity index (χ4n) is 4.70. The van der Waals surface area contributed by atoms with Gasteiger partial charge in [0.25, 0.3) is 5.91 Å². The van der Waals surface area contributed by atoms with Crippen molar-refractivity contribution in [2.24, 2.45) is 10.7 Å². The first-order chi connectivity index (χ1) is 18.0. The third kappa shape index (κ3) is 6.95. The highest BCUT2D eigenvalue weighted by molar-refractivity contribution is 6.39. The Kier molecular flexibility index (Phi) is 9.28. The average Bonchev–Trinajstić information content (AvgIpc) is 2.90. The molecule has 0 radical (unpaired) electrons. The van der Waals surface area contributed by atoms with Gasteiger partial charge in [0, 0.05) is 50.8 Å². The van der Waals surface area contributed by atoms with E-state index in [0.717, 1.165) is 42.6 Å². The fourth-order valence-corrected chi connectivity index (χ4v) is 5.23. The Morgan fingerprint density at radius 2 is 2.00 bits per heavy atom. The summed E-state index contributed by atoms with van der Waals surface area (Å²) >= 11 is 12.3. The molecule has 7 nitrogen and oxygen atoms in total. The molecular weight excluding hydrogens is 507 g/mol. The van der Waals surface area contributed by atoms with E-state index in [1.165, 1.54) is 24.2 Å². The third-order valence-corrected chi connectivity index (χ3v) is 7.00. The Morgan fingerprint density at radius 1 is 1.22 bits per heavy atom. The van der Waals surface area contributed by atoms with Crippen LogP contribution in [0.2, 0.25) is 10.0 Å². The number of aryl methyl sites for hydroxylation is 1. The van der Waals surface area contributed by atoms with Gasteiger partial charge in [-0.05, 0) is 42.0 Å². The summed E-state index contributed by atoms with van der Waals surface area (Å²) in [5.41, 5.74) is 10.9. The van der Waals surface area contributed by atoms with Gasteiger partial charge in [-0.25, -0.2) is 4.99 Å². The second-order valence-corrected chi connectivity index (χ2v) is 9.77. The zero-order valence-electron chi connectivity index (χ0n) is 20.5. The number of hydrogen-bond acceptors (Lipinski definition) is 5. The van der Waals surface area contributed by atoms with Crippen molar-refractivity contribution in [2.45, 2.75) is 44.8 Å². The van der Waals surface area contributed by atoms with Gasteiger partial charge < -0.3 is 11.1 Å². The summed E-state index contributed by atoms with van der Waals surface area (Å²) in [6, 6.07) is 12.6. The fraction of sp³-hybridized carbons (Fsp3) is 0.286. The van der Waals surface area contributed by atoms with E-state index in [2.05, 4.69) is 45.0 Å². The highest BCUT2D eigenvalue weighted by atomic mass is 35.5.